The van der Waals surface area contributed by atoms with Crippen molar-refractivity contribution in [1.29, 1.82) is 0 Å². The van der Waals surface area contributed by atoms with Crippen LogP contribution in [0.1, 0.15) is 31.4 Å². The summed E-state index contributed by atoms with van der Waals surface area (Å²) in [7, 11) is 3.00. The minimum absolute atomic E-state index is 0.193. The zero-order chi connectivity index (χ0) is 18.4. The summed E-state index contributed by atoms with van der Waals surface area (Å²) in [6, 6.07) is 4.70. The number of unbranched alkanes of at least 4 members (excludes halogenated alkanes) is 1. The van der Waals surface area contributed by atoms with E-state index in [1.165, 1.54) is 20.3 Å². The number of fused-ring (bicyclic) bond motifs is 1. The molecular formula is C18H22O7. The van der Waals surface area contributed by atoms with Crippen molar-refractivity contribution in [3.8, 4) is 11.5 Å². The van der Waals surface area contributed by atoms with E-state index in [-0.39, 0.29) is 11.8 Å². The smallest absolute Gasteiger partial charge is 0.305 e. The van der Waals surface area contributed by atoms with Crippen LogP contribution >= 0.6 is 0 Å². The lowest BCUT2D eigenvalue weighted by Gasteiger charge is -2.10. The first-order chi connectivity index (χ1) is 11.9. The first-order valence-corrected chi connectivity index (χ1v) is 8.03. The summed E-state index contributed by atoms with van der Waals surface area (Å²) in [6.07, 6.45) is 1.11. The Morgan fingerprint density at radius 3 is 2.60 bits per heavy atom. The fourth-order valence-electron chi connectivity index (χ4n) is 2.66. The number of aliphatic hydroxyl groups is 1. The van der Waals surface area contributed by atoms with E-state index in [0.717, 1.165) is 0 Å². The lowest BCUT2D eigenvalue weighted by molar-refractivity contribution is -0.139. The molecule has 2 rings (SSSR count). The Morgan fingerprint density at radius 1 is 1.20 bits per heavy atom. The van der Waals surface area contributed by atoms with Gasteiger partial charge in [-0.1, -0.05) is 6.42 Å². The van der Waals surface area contributed by atoms with E-state index in [2.05, 4.69) is 0 Å². The lowest BCUT2D eigenvalue weighted by atomic mass is 10.1. The summed E-state index contributed by atoms with van der Waals surface area (Å²) in [5.74, 6) is 0.435. The summed E-state index contributed by atoms with van der Waals surface area (Å²) in [4.78, 5) is 22.9. The van der Waals surface area contributed by atoms with Gasteiger partial charge in [0.2, 0.25) is 0 Å². The largest absolute Gasteiger partial charge is 0.496 e. The van der Waals surface area contributed by atoms with Gasteiger partial charge >= 0.3 is 5.97 Å². The number of carbonyl (C=O) groups is 1. The molecule has 1 heterocycles. The van der Waals surface area contributed by atoms with Crippen molar-refractivity contribution in [2.75, 3.05) is 14.2 Å². The molecule has 0 saturated carbocycles. The number of carboxylic acids is 1. The van der Waals surface area contributed by atoms with Crippen molar-refractivity contribution in [2.45, 2.75) is 38.2 Å². The molecule has 25 heavy (non-hydrogen) atoms. The number of hydrogen-bond acceptors (Lipinski definition) is 6. The van der Waals surface area contributed by atoms with Crippen molar-refractivity contribution in [3.63, 3.8) is 0 Å². The van der Waals surface area contributed by atoms with E-state index in [1.807, 2.05) is 0 Å². The van der Waals surface area contributed by atoms with Crippen molar-refractivity contribution in [3.05, 3.63) is 34.2 Å². The highest BCUT2D eigenvalue weighted by atomic mass is 16.5. The molecule has 7 nitrogen and oxygen atoms in total. The van der Waals surface area contributed by atoms with Crippen LogP contribution in [-0.2, 0) is 11.2 Å². The molecule has 2 aromatic rings. The van der Waals surface area contributed by atoms with Crippen LogP contribution in [0.3, 0.4) is 0 Å². The molecule has 1 aromatic carbocycles. The number of ether oxygens (including phenoxy) is 2. The third kappa shape index (κ3) is 4.96. The van der Waals surface area contributed by atoms with Gasteiger partial charge in [-0.25, -0.2) is 0 Å². The molecule has 0 unspecified atom stereocenters. The number of aliphatic hydroxyl groups excluding tert-OH is 1. The lowest BCUT2D eigenvalue weighted by Crippen LogP contribution is -2.12. The highest BCUT2D eigenvalue weighted by Gasteiger charge is 2.13. The Bertz CT molecular complexity index is 794. The van der Waals surface area contributed by atoms with Crippen LogP contribution in [0.5, 0.6) is 11.5 Å². The van der Waals surface area contributed by atoms with E-state index in [4.69, 9.17) is 19.0 Å². The fraction of sp³-hybridized carbons (Fsp3) is 0.444. The molecule has 0 aliphatic heterocycles. The first-order valence-electron chi connectivity index (χ1n) is 8.03. The first kappa shape index (κ1) is 18.8. The predicted molar refractivity (Wildman–Crippen MR) is 91.4 cm³/mol. The highest BCUT2D eigenvalue weighted by Crippen LogP contribution is 2.29. The molecule has 0 aliphatic carbocycles. The van der Waals surface area contributed by atoms with Gasteiger partial charge < -0.3 is 24.1 Å². The Morgan fingerprint density at radius 2 is 1.96 bits per heavy atom. The second-order valence-corrected chi connectivity index (χ2v) is 5.78. The van der Waals surface area contributed by atoms with Gasteiger partial charge in [-0.2, -0.15) is 0 Å². The molecule has 0 aliphatic rings. The van der Waals surface area contributed by atoms with Gasteiger partial charge in [0, 0.05) is 24.6 Å². The van der Waals surface area contributed by atoms with Crippen molar-refractivity contribution in [1.82, 2.24) is 0 Å². The van der Waals surface area contributed by atoms with Gasteiger partial charge in [0.15, 0.2) is 5.43 Å². The minimum Gasteiger partial charge on any atom is -0.496 e. The maximum absolute atomic E-state index is 12.4. The van der Waals surface area contributed by atoms with Crippen LogP contribution in [0.25, 0.3) is 11.0 Å². The van der Waals surface area contributed by atoms with E-state index in [0.29, 0.717) is 53.9 Å². The van der Waals surface area contributed by atoms with Gasteiger partial charge in [-0.3, -0.25) is 9.59 Å². The van der Waals surface area contributed by atoms with Crippen LogP contribution < -0.4 is 14.9 Å². The minimum atomic E-state index is -1.02. The number of hydrogen-bond donors (Lipinski definition) is 2. The van der Waals surface area contributed by atoms with Crippen LogP contribution in [-0.4, -0.2) is 36.5 Å². The average Bonchev–Trinajstić information content (AvgIpc) is 2.56. The van der Waals surface area contributed by atoms with Crippen LogP contribution in [0.2, 0.25) is 0 Å². The third-order valence-electron chi connectivity index (χ3n) is 3.90. The molecule has 0 amide bonds. The van der Waals surface area contributed by atoms with E-state index < -0.39 is 12.1 Å². The maximum atomic E-state index is 12.4. The Hall–Kier alpha value is -2.54. The van der Waals surface area contributed by atoms with E-state index >= 15 is 0 Å². The molecular weight excluding hydrogens is 328 g/mol. The number of carboxylic acid groups (broad SMARTS) is 1. The molecule has 1 atom stereocenters. The summed E-state index contributed by atoms with van der Waals surface area (Å²) in [6.45, 7) is 0. The van der Waals surface area contributed by atoms with Crippen LogP contribution in [0, 0.1) is 0 Å². The topological polar surface area (TPSA) is 106 Å². The fourth-order valence-corrected chi connectivity index (χ4v) is 2.66. The number of benzene rings is 1. The van der Waals surface area contributed by atoms with Gasteiger partial charge in [-0.15, -0.1) is 0 Å². The quantitative estimate of drug-likeness (QED) is 0.669. The number of rotatable bonds is 9. The molecule has 0 spiro atoms. The zero-order valence-electron chi connectivity index (χ0n) is 14.3. The normalized spacial score (nSPS) is 12.1. The molecule has 0 fully saturated rings. The average molecular weight is 350 g/mol. The summed E-state index contributed by atoms with van der Waals surface area (Å²) in [5, 5.41) is 18.5. The highest BCUT2D eigenvalue weighted by molar-refractivity contribution is 5.85. The second kappa shape index (κ2) is 8.53. The Kier molecular flexibility index (Phi) is 6.41. The zero-order valence-corrected chi connectivity index (χ0v) is 14.3. The number of methoxy groups -OCH3 is 2. The van der Waals surface area contributed by atoms with Gasteiger partial charge in [0.25, 0.3) is 0 Å². The van der Waals surface area contributed by atoms with Gasteiger partial charge in [0.1, 0.15) is 28.2 Å². The molecule has 0 saturated heterocycles. The van der Waals surface area contributed by atoms with Crippen molar-refractivity contribution >= 4 is 16.9 Å². The summed E-state index contributed by atoms with van der Waals surface area (Å²) < 4.78 is 16.2. The molecule has 1 aromatic heterocycles. The van der Waals surface area contributed by atoms with Crippen molar-refractivity contribution in [2.24, 2.45) is 0 Å². The predicted octanol–water partition coefficient (Wildman–Crippen LogP) is 2.36. The third-order valence-corrected chi connectivity index (χ3v) is 3.90. The van der Waals surface area contributed by atoms with Crippen LogP contribution in [0.4, 0.5) is 0 Å². The van der Waals surface area contributed by atoms with E-state index in [1.54, 1.807) is 12.1 Å². The van der Waals surface area contributed by atoms with Crippen LogP contribution in [0.15, 0.2) is 27.4 Å². The molecule has 7 heteroatoms. The van der Waals surface area contributed by atoms with Gasteiger partial charge in [-0.05, 0) is 12.8 Å². The van der Waals surface area contributed by atoms with E-state index in [9.17, 15) is 14.7 Å². The summed E-state index contributed by atoms with van der Waals surface area (Å²) >= 11 is 0. The monoisotopic (exact) mass is 350 g/mol. The Balaban J connectivity index is 2.10. The Labute approximate surface area is 144 Å². The molecule has 0 bridgehead atoms. The maximum Gasteiger partial charge on any atom is 0.305 e. The second-order valence-electron chi connectivity index (χ2n) is 5.78. The summed E-state index contributed by atoms with van der Waals surface area (Å²) in [5.41, 5.74) is 0.200. The molecule has 136 valence electrons. The van der Waals surface area contributed by atoms with Crippen molar-refractivity contribution < 1.29 is 28.9 Å². The number of aliphatic carboxylic acids is 1. The molecule has 0 radical (unpaired) electrons. The van der Waals surface area contributed by atoms with Gasteiger partial charge in [0.05, 0.1) is 26.7 Å². The molecule has 2 N–H and O–H groups in total. The number of aryl methyl sites for hydroxylation is 1. The SMILES string of the molecule is COc1cc(OC)c2c(=O)cc(CCCC[C@H](O)CC(=O)O)oc2c1. The standard InChI is InChI=1S/C18H22O7/c1-23-13-9-15(24-2)18-14(20)8-12(25-16(18)10-13)6-4-3-5-11(19)7-17(21)22/h8-11,19H,3-7H2,1-2H3,(H,21,22)/t11-/m0/s1.